The van der Waals surface area contributed by atoms with Gasteiger partial charge in [-0.1, -0.05) is 6.07 Å². The van der Waals surface area contributed by atoms with Gasteiger partial charge in [-0.2, -0.15) is 0 Å². The van der Waals surface area contributed by atoms with E-state index in [0.29, 0.717) is 16.9 Å². The fraction of sp³-hybridized carbons (Fsp3) is 0.278. The maximum Gasteiger partial charge on any atom is 0.225 e. The molecule has 0 bridgehead atoms. The number of amides is 1. The first-order valence-corrected chi connectivity index (χ1v) is 7.38. The van der Waals surface area contributed by atoms with Gasteiger partial charge >= 0.3 is 0 Å². The fourth-order valence-electron chi connectivity index (χ4n) is 2.32. The first kappa shape index (κ1) is 16.7. The molecular formula is C18H20N2O3. The van der Waals surface area contributed by atoms with Crippen LogP contribution in [0.25, 0.3) is 0 Å². The highest BCUT2D eigenvalue weighted by Gasteiger charge is 2.14. The maximum absolute atomic E-state index is 12.3. The van der Waals surface area contributed by atoms with Crippen LogP contribution in [0.5, 0.6) is 5.75 Å². The molecule has 0 aliphatic carbocycles. The average molecular weight is 312 g/mol. The van der Waals surface area contributed by atoms with Crippen LogP contribution in [0.15, 0.2) is 42.7 Å². The quantitative estimate of drug-likeness (QED) is 0.833. The number of nitrogens with one attached hydrogen (secondary N) is 1. The van der Waals surface area contributed by atoms with Crippen molar-refractivity contribution in [3.05, 3.63) is 59.4 Å². The molecule has 1 N–H and O–H groups in total. The third-order valence-electron chi connectivity index (χ3n) is 3.60. The maximum atomic E-state index is 12.3. The Balaban J connectivity index is 2.10. The number of nitrogens with zero attached hydrogens (tertiary/aromatic N) is 1. The molecule has 23 heavy (non-hydrogen) atoms. The normalized spacial score (nSPS) is 11.6. The number of hydrogen-bond donors (Lipinski definition) is 1. The van der Waals surface area contributed by atoms with E-state index in [4.69, 9.17) is 4.74 Å². The molecular weight excluding hydrogens is 292 g/mol. The van der Waals surface area contributed by atoms with Gasteiger partial charge in [0.2, 0.25) is 5.91 Å². The van der Waals surface area contributed by atoms with Crippen molar-refractivity contribution in [3.63, 3.8) is 0 Å². The van der Waals surface area contributed by atoms with Crippen molar-refractivity contribution in [2.45, 2.75) is 26.3 Å². The Morgan fingerprint density at radius 2 is 2.09 bits per heavy atom. The molecule has 5 nitrogen and oxygen atoms in total. The molecule has 0 saturated carbocycles. The second-order valence-electron chi connectivity index (χ2n) is 5.34. The summed E-state index contributed by atoms with van der Waals surface area (Å²) in [5.41, 5.74) is 2.19. The lowest BCUT2D eigenvalue weighted by atomic mass is 10.0. The summed E-state index contributed by atoms with van der Waals surface area (Å²) in [5.74, 6) is 0.414. The van der Waals surface area contributed by atoms with Gasteiger partial charge in [0.1, 0.15) is 5.75 Å². The summed E-state index contributed by atoms with van der Waals surface area (Å²) in [6, 6.07) is 8.71. The topological polar surface area (TPSA) is 68.3 Å². The molecule has 1 heterocycles. The van der Waals surface area contributed by atoms with Crippen LogP contribution in [0.2, 0.25) is 0 Å². The Morgan fingerprint density at radius 3 is 2.70 bits per heavy atom. The first-order chi connectivity index (χ1) is 11.0. The summed E-state index contributed by atoms with van der Waals surface area (Å²) in [6.07, 6.45) is 3.56. The Labute approximate surface area is 135 Å². The highest BCUT2D eigenvalue weighted by molar-refractivity contribution is 5.94. The molecule has 120 valence electrons. The first-order valence-electron chi connectivity index (χ1n) is 7.38. The number of aromatic nitrogens is 1. The van der Waals surface area contributed by atoms with E-state index in [2.05, 4.69) is 10.3 Å². The van der Waals surface area contributed by atoms with E-state index in [1.807, 2.05) is 19.1 Å². The molecule has 0 aliphatic heterocycles. The van der Waals surface area contributed by atoms with Gasteiger partial charge in [-0.3, -0.25) is 14.6 Å². The summed E-state index contributed by atoms with van der Waals surface area (Å²) < 4.78 is 5.27. The molecule has 2 aromatic rings. The van der Waals surface area contributed by atoms with Gasteiger partial charge in [-0.25, -0.2) is 0 Å². The summed E-state index contributed by atoms with van der Waals surface area (Å²) in [6.45, 7) is 3.40. The van der Waals surface area contributed by atoms with Crippen LogP contribution in [0.1, 0.15) is 41.4 Å². The monoisotopic (exact) mass is 312 g/mol. The number of carbonyl (C=O) groups excluding carboxylic acids is 2. The number of rotatable bonds is 6. The van der Waals surface area contributed by atoms with Crippen LogP contribution < -0.4 is 10.1 Å². The molecule has 1 amide bonds. The van der Waals surface area contributed by atoms with Crippen molar-refractivity contribution < 1.29 is 14.3 Å². The third-order valence-corrected chi connectivity index (χ3v) is 3.60. The van der Waals surface area contributed by atoms with Gasteiger partial charge in [0.25, 0.3) is 0 Å². The minimum absolute atomic E-state index is 0.0435. The molecule has 1 atom stereocenters. The Bertz CT molecular complexity index is 699. The lowest BCUT2D eigenvalue weighted by Gasteiger charge is -2.15. The summed E-state index contributed by atoms with van der Waals surface area (Å²) in [5, 5.41) is 2.93. The molecule has 5 heteroatoms. The van der Waals surface area contributed by atoms with Crippen LogP contribution in [0, 0.1) is 0 Å². The van der Waals surface area contributed by atoms with E-state index in [0.717, 1.165) is 5.56 Å². The minimum atomic E-state index is -0.141. The summed E-state index contributed by atoms with van der Waals surface area (Å²) >= 11 is 0. The highest BCUT2D eigenvalue weighted by Crippen LogP contribution is 2.21. The van der Waals surface area contributed by atoms with Gasteiger partial charge in [0.15, 0.2) is 5.78 Å². The number of benzene rings is 1. The van der Waals surface area contributed by atoms with Gasteiger partial charge in [-0.15, -0.1) is 0 Å². The Hall–Kier alpha value is -2.69. The summed E-state index contributed by atoms with van der Waals surface area (Å²) in [4.78, 5) is 27.8. The summed E-state index contributed by atoms with van der Waals surface area (Å²) in [7, 11) is 1.54. The predicted molar refractivity (Wildman–Crippen MR) is 87.5 cm³/mol. The number of Topliss-reactive ketones (excluding diaryl/α,β-unsaturated/α-hetero) is 1. The number of carbonyl (C=O) groups is 2. The average Bonchev–Trinajstić information content (AvgIpc) is 2.55. The molecule has 1 unspecified atom stereocenters. The van der Waals surface area contributed by atoms with Crippen molar-refractivity contribution >= 4 is 11.7 Å². The predicted octanol–water partition coefficient (Wildman–Crippen LogP) is 2.71. The second-order valence-corrected chi connectivity index (χ2v) is 5.34. The van der Waals surface area contributed by atoms with Crippen molar-refractivity contribution in [1.82, 2.24) is 10.3 Å². The molecule has 0 radical (unpaired) electrons. The number of pyridine rings is 1. The molecule has 0 spiro atoms. The zero-order valence-corrected chi connectivity index (χ0v) is 13.5. The zero-order chi connectivity index (χ0) is 16.8. The van der Waals surface area contributed by atoms with Crippen molar-refractivity contribution in [2.75, 3.05) is 7.11 Å². The van der Waals surface area contributed by atoms with Crippen LogP contribution in [-0.4, -0.2) is 23.8 Å². The SMILES string of the molecule is COc1ccc(C(C)=O)cc1CC(=O)NC(C)c1cccnc1. The van der Waals surface area contributed by atoms with Gasteiger partial charge in [0.05, 0.1) is 19.6 Å². The number of ketones is 1. The molecule has 0 saturated heterocycles. The van der Waals surface area contributed by atoms with Crippen LogP contribution in [0.4, 0.5) is 0 Å². The third kappa shape index (κ3) is 4.39. The van der Waals surface area contributed by atoms with E-state index in [9.17, 15) is 9.59 Å². The number of ether oxygens (including phenoxy) is 1. The largest absolute Gasteiger partial charge is 0.496 e. The van der Waals surface area contributed by atoms with Gasteiger partial charge in [0, 0.05) is 23.5 Å². The zero-order valence-electron chi connectivity index (χ0n) is 13.5. The molecule has 0 fully saturated rings. The lowest BCUT2D eigenvalue weighted by Crippen LogP contribution is -2.28. The number of methoxy groups -OCH3 is 1. The van der Waals surface area contributed by atoms with Crippen LogP contribution in [-0.2, 0) is 11.2 Å². The fourth-order valence-corrected chi connectivity index (χ4v) is 2.32. The number of hydrogen-bond acceptors (Lipinski definition) is 4. The van der Waals surface area contributed by atoms with Crippen molar-refractivity contribution in [3.8, 4) is 5.75 Å². The van der Waals surface area contributed by atoms with Crippen LogP contribution >= 0.6 is 0 Å². The molecule has 1 aromatic carbocycles. The smallest absolute Gasteiger partial charge is 0.225 e. The van der Waals surface area contributed by atoms with E-state index in [1.54, 1.807) is 37.7 Å². The van der Waals surface area contributed by atoms with E-state index < -0.39 is 0 Å². The highest BCUT2D eigenvalue weighted by atomic mass is 16.5. The Morgan fingerprint density at radius 1 is 1.30 bits per heavy atom. The molecule has 0 aliphatic rings. The second kappa shape index (κ2) is 7.54. The van der Waals surface area contributed by atoms with Crippen molar-refractivity contribution in [2.24, 2.45) is 0 Å². The lowest BCUT2D eigenvalue weighted by molar-refractivity contribution is -0.121. The van der Waals surface area contributed by atoms with E-state index in [-0.39, 0.29) is 24.2 Å². The van der Waals surface area contributed by atoms with E-state index in [1.165, 1.54) is 6.92 Å². The van der Waals surface area contributed by atoms with Crippen LogP contribution in [0.3, 0.4) is 0 Å². The van der Waals surface area contributed by atoms with E-state index >= 15 is 0 Å². The minimum Gasteiger partial charge on any atom is -0.496 e. The molecule has 2 rings (SSSR count). The molecule has 1 aromatic heterocycles. The van der Waals surface area contributed by atoms with Crippen molar-refractivity contribution in [1.29, 1.82) is 0 Å². The standard InChI is InChI=1S/C18H20N2O3/c1-12(15-5-4-8-19-11-15)20-18(22)10-16-9-14(13(2)21)6-7-17(16)23-3/h4-9,11-12H,10H2,1-3H3,(H,20,22). The van der Waals surface area contributed by atoms with Gasteiger partial charge in [-0.05, 0) is 43.7 Å². The Kier molecular flexibility index (Phi) is 5.46. The van der Waals surface area contributed by atoms with Gasteiger partial charge < -0.3 is 10.1 Å².